The Balaban J connectivity index is 1.75. The maximum atomic E-state index is 10.9. The summed E-state index contributed by atoms with van der Waals surface area (Å²) in [6.07, 6.45) is 4.70. The van der Waals surface area contributed by atoms with Crippen LogP contribution in [0.4, 0.5) is 0 Å². The van der Waals surface area contributed by atoms with Crippen LogP contribution in [0.2, 0.25) is 0 Å². The Bertz CT molecular complexity index is 666. The van der Waals surface area contributed by atoms with Crippen molar-refractivity contribution < 1.29 is 9.90 Å². The average Bonchev–Trinajstić information content (AvgIpc) is 3.25. The van der Waals surface area contributed by atoms with Gasteiger partial charge < -0.3 is 5.11 Å². The van der Waals surface area contributed by atoms with Crippen molar-refractivity contribution in [3.8, 4) is 0 Å². The Labute approximate surface area is 122 Å². The van der Waals surface area contributed by atoms with E-state index in [9.17, 15) is 4.79 Å². The lowest BCUT2D eigenvalue weighted by Gasteiger charge is -2.03. The van der Waals surface area contributed by atoms with Gasteiger partial charge in [0, 0.05) is 9.79 Å². The number of rotatable bonds is 4. The first-order valence-corrected chi connectivity index (χ1v) is 7.33. The quantitative estimate of drug-likeness (QED) is 0.882. The molecule has 0 amide bonds. The Morgan fingerprint density at radius 2 is 1.80 bits per heavy atom. The maximum absolute atomic E-state index is 10.9. The molecule has 0 aromatic heterocycles. The highest BCUT2D eigenvalue weighted by atomic mass is 32.2. The molecule has 2 aromatic rings. The van der Waals surface area contributed by atoms with Crippen LogP contribution in [0.5, 0.6) is 0 Å². The molecule has 20 heavy (non-hydrogen) atoms. The summed E-state index contributed by atoms with van der Waals surface area (Å²) in [6.45, 7) is 0. The van der Waals surface area contributed by atoms with Crippen LogP contribution >= 0.6 is 11.8 Å². The average molecular weight is 282 g/mol. The summed E-state index contributed by atoms with van der Waals surface area (Å²) >= 11 is 1.58. The van der Waals surface area contributed by atoms with Gasteiger partial charge in [-0.15, -0.1) is 0 Å². The Hall–Kier alpha value is -2.00. The van der Waals surface area contributed by atoms with Gasteiger partial charge in [-0.3, -0.25) is 0 Å². The summed E-state index contributed by atoms with van der Waals surface area (Å²) in [5.74, 6) is -0.890. The van der Waals surface area contributed by atoms with Gasteiger partial charge in [-0.05, 0) is 48.7 Å². The fourth-order valence-corrected chi connectivity index (χ4v) is 2.79. The minimum atomic E-state index is -0.890. The number of carboxylic acid groups (broad SMARTS) is 1. The Kier molecular flexibility index (Phi) is 3.61. The third-order valence-corrected chi connectivity index (χ3v) is 4.10. The van der Waals surface area contributed by atoms with Crippen molar-refractivity contribution in [3.63, 3.8) is 0 Å². The molecule has 1 fully saturated rings. The molecule has 0 bridgehead atoms. The predicted molar refractivity (Wildman–Crippen MR) is 81.2 cm³/mol. The highest BCUT2D eigenvalue weighted by Crippen LogP contribution is 2.32. The summed E-state index contributed by atoms with van der Waals surface area (Å²) in [5, 5.41) is 8.99. The molecule has 0 saturated heterocycles. The van der Waals surface area contributed by atoms with Crippen LogP contribution < -0.4 is 0 Å². The molecule has 2 nitrogen and oxygen atoms in total. The standard InChI is InChI=1S/C17H14O2S/c18-17(19)14-2-1-3-16(11-14)20-15-8-6-13(7-9-15)10-12-4-5-12/h1-3,6-11H,4-5H2,(H,18,19). The zero-order valence-corrected chi connectivity index (χ0v) is 11.7. The van der Waals surface area contributed by atoms with Crippen LogP contribution in [-0.4, -0.2) is 11.1 Å². The monoisotopic (exact) mass is 282 g/mol. The van der Waals surface area contributed by atoms with Gasteiger partial charge in [0.1, 0.15) is 0 Å². The molecule has 0 spiro atoms. The number of allylic oxidation sites excluding steroid dienone is 1. The summed E-state index contributed by atoms with van der Waals surface area (Å²) in [4.78, 5) is 13.0. The first-order chi connectivity index (χ1) is 9.70. The molecule has 3 rings (SSSR count). The first kappa shape index (κ1) is 13.0. The van der Waals surface area contributed by atoms with E-state index in [4.69, 9.17) is 5.11 Å². The van der Waals surface area contributed by atoms with Crippen LogP contribution in [0.25, 0.3) is 6.08 Å². The van der Waals surface area contributed by atoms with Crippen LogP contribution in [0.1, 0.15) is 28.8 Å². The number of hydrogen-bond acceptors (Lipinski definition) is 2. The Morgan fingerprint density at radius 1 is 1.05 bits per heavy atom. The van der Waals surface area contributed by atoms with Gasteiger partial charge >= 0.3 is 5.97 Å². The van der Waals surface area contributed by atoms with Gasteiger partial charge in [0.15, 0.2) is 0 Å². The van der Waals surface area contributed by atoms with Crippen molar-refractivity contribution in [2.24, 2.45) is 0 Å². The van der Waals surface area contributed by atoms with E-state index < -0.39 is 5.97 Å². The zero-order chi connectivity index (χ0) is 13.9. The second-order valence-corrected chi connectivity index (χ2v) is 5.95. The van der Waals surface area contributed by atoms with Crippen LogP contribution in [0.3, 0.4) is 0 Å². The van der Waals surface area contributed by atoms with E-state index in [0.29, 0.717) is 5.56 Å². The fourth-order valence-electron chi connectivity index (χ4n) is 1.91. The van der Waals surface area contributed by atoms with E-state index in [-0.39, 0.29) is 0 Å². The van der Waals surface area contributed by atoms with Gasteiger partial charge in [-0.2, -0.15) is 0 Å². The van der Waals surface area contributed by atoms with E-state index in [1.54, 1.807) is 30.0 Å². The van der Waals surface area contributed by atoms with Gasteiger partial charge in [0.25, 0.3) is 0 Å². The topological polar surface area (TPSA) is 37.3 Å². The molecular formula is C17H14O2S. The van der Waals surface area contributed by atoms with Gasteiger partial charge in [0.2, 0.25) is 0 Å². The maximum Gasteiger partial charge on any atom is 0.335 e. The summed E-state index contributed by atoms with van der Waals surface area (Å²) in [7, 11) is 0. The zero-order valence-electron chi connectivity index (χ0n) is 10.9. The molecule has 1 aliphatic rings. The van der Waals surface area contributed by atoms with Crippen LogP contribution in [0.15, 0.2) is 63.9 Å². The second kappa shape index (κ2) is 5.55. The highest BCUT2D eigenvalue weighted by Gasteiger charge is 2.10. The lowest BCUT2D eigenvalue weighted by Crippen LogP contribution is -1.95. The molecule has 2 aromatic carbocycles. The molecule has 0 heterocycles. The third-order valence-electron chi connectivity index (χ3n) is 3.11. The first-order valence-electron chi connectivity index (χ1n) is 6.51. The molecular weight excluding hydrogens is 268 g/mol. The molecule has 1 saturated carbocycles. The molecule has 0 unspecified atom stereocenters. The lowest BCUT2D eigenvalue weighted by atomic mass is 10.2. The normalized spacial score (nSPS) is 13.1. The molecule has 100 valence electrons. The molecule has 0 atom stereocenters. The summed E-state index contributed by atoms with van der Waals surface area (Å²) < 4.78 is 0. The van der Waals surface area contributed by atoms with E-state index in [2.05, 4.69) is 30.3 Å². The molecule has 3 heteroatoms. The van der Waals surface area contributed by atoms with Crippen LogP contribution in [-0.2, 0) is 0 Å². The van der Waals surface area contributed by atoms with Crippen LogP contribution in [0, 0.1) is 0 Å². The van der Waals surface area contributed by atoms with E-state index in [0.717, 1.165) is 9.79 Å². The number of aromatic carboxylic acids is 1. The van der Waals surface area contributed by atoms with E-state index in [1.807, 2.05) is 6.07 Å². The van der Waals surface area contributed by atoms with Crippen molar-refractivity contribution in [3.05, 3.63) is 65.2 Å². The third kappa shape index (κ3) is 3.31. The van der Waals surface area contributed by atoms with Crippen molar-refractivity contribution in [2.45, 2.75) is 22.6 Å². The van der Waals surface area contributed by atoms with Crippen molar-refractivity contribution in [1.82, 2.24) is 0 Å². The highest BCUT2D eigenvalue weighted by molar-refractivity contribution is 7.99. The number of carboxylic acids is 1. The summed E-state index contributed by atoms with van der Waals surface area (Å²) in [6, 6.07) is 15.4. The van der Waals surface area contributed by atoms with Gasteiger partial charge in [-0.25, -0.2) is 4.79 Å². The fraction of sp³-hybridized carbons (Fsp3) is 0.118. The molecule has 1 N–H and O–H groups in total. The number of carbonyl (C=O) groups is 1. The van der Waals surface area contributed by atoms with Crippen molar-refractivity contribution >= 4 is 23.8 Å². The SMILES string of the molecule is O=C(O)c1cccc(Sc2ccc(C=C3CC3)cc2)c1. The molecule has 0 aliphatic heterocycles. The molecule has 0 radical (unpaired) electrons. The minimum Gasteiger partial charge on any atom is -0.478 e. The predicted octanol–water partition coefficient (Wildman–Crippen LogP) is 4.71. The number of benzene rings is 2. The number of hydrogen-bond donors (Lipinski definition) is 1. The smallest absolute Gasteiger partial charge is 0.335 e. The largest absolute Gasteiger partial charge is 0.478 e. The van der Waals surface area contributed by atoms with E-state index >= 15 is 0 Å². The van der Waals surface area contributed by atoms with Gasteiger partial charge in [0.05, 0.1) is 5.56 Å². The minimum absolute atomic E-state index is 0.324. The summed E-state index contributed by atoms with van der Waals surface area (Å²) in [5.41, 5.74) is 3.07. The Morgan fingerprint density at radius 3 is 2.45 bits per heavy atom. The van der Waals surface area contributed by atoms with Crippen molar-refractivity contribution in [2.75, 3.05) is 0 Å². The van der Waals surface area contributed by atoms with Crippen molar-refractivity contribution in [1.29, 1.82) is 0 Å². The lowest BCUT2D eigenvalue weighted by molar-refractivity contribution is 0.0696. The van der Waals surface area contributed by atoms with Gasteiger partial charge in [-0.1, -0.05) is 41.6 Å². The molecule has 1 aliphatic carbocycles. The van der Waals surface area contributed by atoms with E-state index in [1.165, 1.54) is 24.0 Å². The second-order valence-electron chi connectivity index (χ2n) is 4.81.